The van der Waals surface area contributed by atoms with Crippen LogP contribution in [0.25, 0.3) is 0 Å². The molecule has 0 fully saturated rings. The van der Waals surface area contributed by atoms with Crippen LogP contribution in [0.5, 0.6) is 0 Å². The van der Waals surface area contributed by atoms with Crippen LogP contribution in [-0.2, 0) is 0 Å². The zero-order valence-electron chi connectivity index (χ0n) is 10.5. The number of nitrogens with one attached hydrogen (secondary N) is 1. The molecule has 1 heterocycles. The van der Waals surface area contributed by atoms with Crippen molar-refractivity contribution in [2.24, 2.45) is 0 Å². The van der Waals surface area contributed by atoms with Gasteiger partial charge < -0.3 is 9.73 Å². The lowest BCUT2D eigenvalue weighted by Crippen LogP contribution is -2.26. The molecule has 5 heteroatoms. The van der Waals surface area contributed by atoms with Crippen LogP contribution in [-0.4, -0.2) is 5.91 Å². The Kier molecular flexibility index (Phi) is 4.17. The lowest BCUT2D eigenvalue weighted by molar-refractivity contribution is 0.0938. The number of hydrogen-bond acceptors (Lipinski definition) is 2. The molecule has 0 bridgehead atoms. The minimum Gasteiger partial charge on any atom is -0.469 e. The largest absolute Gasteiger partial charge is 0.469 e. The number of furan rings is 1. The minimum absolute atomic E-state index is 0.170. The van der Waals surface area contributed by atoms with Crippen LogP contribution in [0.4, 0.5) is 0 Å². The molecular weight excluding hydrogens is 285 g/mol. The summed E-state index contributed by atoms with van der Waals surface area (Å²) in [7, 11) is 0. The monoisotopic (exact) mass is 297 g/mol. The normalized spacial score (nSPS) is 12.2. The van der Waals surface area contributed by atoms with Crippen LogP contribution in [0, 0.1) is 6.92 Å². The Hall–Kier alpha value is -1.45. The Labute approximate surface area is 121 Å². The van der Waals surface area contributed by atoms with Gasteiger partial charge in [-0.1, -0.05) is 29.3 Å². The fourth-order valence-electron chi connectivity index (χ4n) is 1.76. The summed E-state index contributed by atoms with van der Waals surface area (Å²) in [4.78, 5) is 12.0. The Bertz CT molecular complexity index is 607. The van der Waals surface area contributed by atoms with Gasteiger partial charge in [0, 0.05) is 0 Å². The van der Waals surface area contributed by atoms with Crippen LogP contribution in [0.1, 0.15) is 34.6 Å². The van der Waals surface area contributed by atoms with Crippen molar-refractivity contribution >= 4 is 29.1 Å². The average molecular weight is 298 g/mol. The Morgan fingerprint density at radius 2 is 2.00 bits per heavy atom. The number of carbonyl (C=O) groups excluding carboxylic acids is 1. The second-order valence-corrected chi connectivity index (χ2v) is 5.07. The maximum absolute atomic E-state index is 12.0. The second kappa shape index (κ2) is 5.68. The summed E-state index contributed by atoms with van der Waals surface area (Å²) in [5, 5.41) is 3.85. The van der Waals surface area contributed by atoms with E-state index in [4.69, 9.17) is 27.6 Å². The zero-order valence-corrected chi connectivity index (χ0v) is 12.0. The van der Waals surface area contributed by atoms with Crippen LogP contribution in [0.3, 0.4) is 0 Å². The average Bonchev–Trinajstić information content (AvgIpc) is 2.79. The first kappa shape index (κ1) is 14.0. The summed E-state index contributed by atoms with van der Waals surface area (Å²) in [5.41, 5.74) is 1.43. The molecule has 0 saturated carbocycles. The lowest BCUT2D eigenvalue weighted by Gasteiger charge is -2.14. The number of hydrogen-bond donors (Lipinski definition) is 1. The van der Waals surface area contributed by atoms with E-state index in [1.165, 1.54) is 6.26 Å². The molecule has 1 N–H and O–H groups in total. The number of halogens is 2. The Morgan fingerprint density at radius 1 is 1.26 bits per heavy atom. The quantitative estimate of drug-likeness (QED) is 0.913. The summed E-state index contributed by atoms with van der Waals surface area (Å²) in [6.07, 6.45) is 1.49. The second-order valence-electron chi connectivity index (χ2n) is 4.26. The molecule has 0 aliphatic rings. The number of benzene rings is 1. The van der Waals surface area contributed by atoms with E-state index < -0.39 is 0 Å². The molecule has 19 heavy (non-hydrogen) atoms. The Morgan fingerprint density at radius 3 is 2.58 bits per heavy atom. The van der Waals surface area contributed by atoms with Gasteiger partial charge in [0.25, 0.3) is 5.91 Å². The summed E-state index contributed by atoms with van der Waals surface area (Å²) in [6.45, 7) is 3.63. The van der Waals surface area contributed by atoms with E-state index in [9.17, 15) is 4.79 Å². The van der Waals surface area contributed by atoms with Gasteiger partial charge in [0.1, 0.15) is 5.76 Å². The maximum Gasteiger partial charge on any atom is 0.255 e. The summed E-state index contributed by atoms with van der Waals surface area (Å²) in [5.74, 6) is 0.420. The first-order valence-electron chi connectivity index (χ1n) is 5.79. The first-order valence-corrected chi connectivity index (χ1v) is 6.54. The van der Waals surface area contributed by atoms with Gasteiger partial charge in [-0.2, -0.15) is 0 Å². The number of rotatable bonds is 3. The first-order chi connectivity index (χ1) is 8.99. The predicted octanol–water partition coefficient (Wildman–Crippen LogP) is 4.39. The maximum atomic E-state index is 12.0. The molecule has 0 radical (unpaired) electrons. The summed E-state index contributed by atoms with van der Waals surface area (Å²) >= 11 is 11.8. The third-order valence-electron chi connectivity index (χ3n) is 2.89. The van der Waals surface area contributed by atoms with Crippen molar-refractivity contribution in [3.05, 3.63) is 57.5 Å². The summed E-state index contributed by atoms with van der Waals surface area (Å²) in [6, 6.07) is 6.77. The molecule has 100 valence electrons. The van der Waals surface area contributed by atoms with E-state index in [0.29, 0.717) is 21.4 Å². The van der Waals surface area contributed by atoms with Crippen LogP contribution >= 0.6 is 23.2 Å². The number of amides is 1. The minimum atomic E-state index is -0.176. The van der Waals surface area contributed by atoms with E-state index in [1.807, 2.05) is 13.0 Å². The molecule has 1 amide bonds. The third-order valence-corrected chi connectivity index (χ3v) is 3.63. The molecule has 1 aromatic carbocycles. The standard InChI is InChI=1S/C14H13Cl2NO2/c1-8(10-3-4-12(15)13(16)7-10)17-14(18)11-5-6-19-9(11)2/h3-8H,1-2H3,(H,17,18). The van der Waals surface area contributed by atoms with Gasteiger partial charge in [-0.05, 0) is 37.6 Å². The molecular formula is C14H13Cl2NO2. The fraction of sp³-hybridized carbons (Fsp3) is 0.214. The van der Waals surface area contributed by atoms with Crippen molar-refractivity contribution in [2.75, 3.05) is 0 Å². The van der Waals surface area contributed by atoms with E-state index in [1.54, 1.807) is 25.1 Å². The molecule has 2 rings (SSSR count). The number of aryl methyl sites for hydroxylation is 1. The van der Waals surface area contributed by atoms with Gasteiger partial charge in [-0.15, -0.1) is 0 Å². The smallest absolute Gasteiger partial charge is 0.255 e. The molecule has 2 aromatic rings. The third kappa shape index (κ3) is 3.11. The van der Waals surface area contributed by atoms with Gasteiger partial charge in [0.05, 0.1) is 27.9 Å². The van der Waals surface area contributed by atoms with Crippen LogP contribution in [0.2, 0.25) is 10.0 Å². The molecule has 3 nitrogen and oxygen atoms in total. The van der Waals surface area contributed by atoms with E-state index in [0.717, 1.165) is 5.56 Å². The van der Waals surface area contributed by atoms with Crippen molar-refractivity contribution in [2.45, 2.75) is 19.9 Å². The van der Waals surface area contributed by atoms with Crippen molar-refractivity contribution in [1.29, 1.82) is 0 Å². The highest BCUT2D eigenvalue weighted by molar-refractivity contribution is 6.42. The van der Waals surface area contributed by atoms with Crippen LogP contribution in [0.15, 0.2) is 34.9 Å². The molecule has 1 aromatic heterocycles. The van der Waals surface area contributed by atoms with Crippen LogP contribution < -0.4 is 5.32 Å². The molecule has 1 atom stereocenters. The predicted molar refractivity (Wildman–Crippen MR) is 75.8 cm³/mol. The highest BCUT2D eigenvalue weighted by Crippen LogP contribution is 2.25. The zero-order chi connectivity index (χ0) is 14.0. The molecule has 1 unspecified atom stereocenters. The van der Waals surface area contributed by atoms with Crippen molar-refractivity contribution in [3.63, 3.8) is 0 Å². The fourth-order valence-corrected chi connectivity index (χ4v) is 2.07. The topological polar surface area (TPSA) is 42.2 Å². The van der Waals surface area contributed by atoms with Gasteiger partial charge in [0.15, 0.2) is 0 Å². The summed E-state index contributed by atoms with van der Waals surface area (Å²) < 4.78 is 5.11. The molecule has 0 saturated heterocycles. The van der Waals surface area contributed by atoms with Crippen molar-refractivity contribution in [3.8, 4) is 0 Å². The molecule has 0 aliphatic carbocycles. The van der Waals surface area contributed by atoms with Gasteiger partial charge in [-0.25, -0.2) is 0 Å². The number of carbonyl (C=O) groups is 1. The van der Waals surface area contributed by atoms with Gasteiger partial charge in [0.2, 0.25) is 0 Å². The van der Waals surface area contributed by atoms with E-state index in [2.05, 4.69) is 5.32 Å². The SMILES string of the molecule is Cc1occc1C(=O)NC(C)c1ccc(Cl)c(Cl)c1. The Balaban J connectivity index is 2.13. The van der Waals surface area contributed by atoms with Gasteiger partial charge >= 0.3 is 0 Å². The lowest BCUT2D eigenvalue weighted by atomic mass is 10.1. The highest BCUT2D eigenvalue weighted by atomic mass is 35.5. The van der Waals surface area contributed by atoms with Crippen molar-refractivity contribution < 1.29 is 9.21 Å². The van der Waals surface area contributed by atoms with E-state index in [-0.39, 0.29) is 11.9 Å². The van der Waals surface area contributed by atoms with Gasteiger partial charge in [-0.3, -0.25) is 4.79 Å². The van der Waals surface area contributed by atoms with E-state index >= 15 is 0 Å². The highest BCUT2D eigenvalue weighted by Gasteiger charge is 2.15. The van der Waals surface area contributed by atoms with Crippen molar-refractivity contribution in [1.82, 2.24) is 5.32 Å². The molecule has 0 aliphatic heterocycles. The molecule has 0 spiro atoms.